The molecule has 0 N–H and O–H groups in total. The highest BCUT2D eigenvalue weighted by molar-refractivity contribution is 4.85. The fraction of sp³-hybridized carbons (Fsp3) is 1.00. The third-order valence-electron chi connectivity index (χ3n) is 4.53. The summed E-state index contributed by atoms with van der Waals surface area (Å²) in [6, 6.07) is 0. The molecule has 0 heteroatoms. The van der Waals surface area contributed by atoms with Gasteiger partial charge in [0.25, 0.3) is 0 Å². The van der Waals surface area contributed by atoms with Crippen LogP contribution in [-0.4, -0.2) is 0 Å². The molecule has 0 unspecified atom stereocenters. The molecule has 0 bridgehead atoms. The molecule has 2 aliphatic carbocycles. The van der Waals surface area contributed by atoms with E-state index in [0.29, 0.717) is 0 Å². The van der Waals surface area contributed by atoms with Crippen LogP contribution in [0.5, 0.6) is 0 Å². The van der Waals surface area contributed by atoms with Crippen LogP contribution in [0.25, 0.3) is 0 Å². The molecule has 0 saturated heterocycles. The first kappa shape index (κ1) is 8.59. The Hall–Kier alpha value is 0. The molecule has 0 spiro atoms. The van der Waals surface area contributed by atoms with Crippen LogP contribution in [0.2, 0.25) is 0 Å². The quantitative estimate of drug-likeness (QED) is 0.512. The molecule has 0 radical (unpaired) electrons. The normalized spacial score (nSPS) is 48.5. The predicted octanol–water partition coefficient (Wildman–Crippen LogP) is 3.86. The van der Waals surface area contributed by atoms with Crippen molar-refractivity contribution in [2.75, 3.05) is 0 Å². The standard InChI is InChI=1S/C12H22/c1-9-7-8-11-5-3-4-6-12(11)10(9)2/h9-12H,3-8H2,1-2H3/t9-,10-,11+,12-/m1/s1. The summed E-state index contributed by atoms with van der Waals surface area (Å²) in [6.45, 7) is 4.95. The minimum atomic E-state index is 1.00. The van der Waals surface area contributed by atoms with Crippen molar-refractivity contribution >= 4 is 0 Å². The summed E-state index contributed by atoms with van der Waals surface area (Å²) in [7, 11) is 0. The van der Waals surface area contributed by atoms with E-state index in [1.807, 2.05) is 0 Å². The molecule has 0 aliphatic heterocycles. The second-order valence-electron chi connectivity index (χ2n) is 5.12. The highest BCUT2D eigenvalue weighted by atomic mass is 14.4. The average Bonchev–Trinajstić information content (AvgIpc) is 2.12. The fourth-order valence-corrected chi connectivity index (χ4v) is 3.45. The predicted molar refractivity (Wildman–Crippen MR) is 53.0 cm³/mol. The lowest BCUT2D eigenvalue weighted by atomic mass is 9.63. The third kappa shape index (κ3) is 1.41. The van der Waals surface area contributed by atoms with Gasteiger partial charge in [0.2, 0.25) is 0 Å². The van der Waals surface area contributed by atoms with Crippen molar-refractivity contribution < 1.29 is 0 Å². The van der Waals surface area contributed by atoms with E-state index >= 15 is 0 Å². The Labute approximate surface area is 76.7 Å². The zero-order chi connectivity index (χ0) is 8.55. The van der Waals surface area contributed by atoms with Gasteiger partial charge in [-0.05, 0) is 36.5 Å². The van der Waals surface area contributed by atoms with Gasteiger partial charge in [-0.15, -0.1) is 0 Å². The van der Waals surface area contributed by atoms with Gasteiger partial charge in [-0.1, -0.05) is 39.5 Å². The summed E-state index contributed by atoms with van der Waals surface area (Å²) in [5, 5.41) is 0. The first-order valence-electron chi connectivity index (χ1n) is 5.79. The molecule has 2 aliphatic rings. The second kappa shape index (κ2) is 3.40. The number of hydrogen-bond acceptors (Lipinski definition) is 0. The van der Waals surface area contributed by atoms with E-state index in [1.54, 1.807) is 6.42 Å². The highest BCUT2D eigenvalue weighted by Gasteiger charge is 2.35. The van der Waals surface area contributed by atoms with E-state index in [0.717, 1.165) is 23.7 Å². The molecule has 4 atom stereocenters. The second-order valence-corrected chi connectivity index (χ2v) is 5.12. The number of rotatable bonds is 0. The van der Waals surface area contributed by atoms with Crippen LogP contribution in [-0.2, 0) is 0 Å². The Morgan fingerprint density at radius 1 is 0.833 bits per heavy atom. The molecule has 0 nitrogen and oxygen atoms in total. The fourth-order valence-electron chi connectivity index (χ4n) is 3.45. The Kier molecular flexibility index (Phi) is 2.43. The summed E-state index contributed by atoms with van der Waals surface area (Å²) >= 11 is 0. The van der Waals surface area contributed by atoms with E-state index in [1.165, 1.54) is 32.1 Å². The lowest BCUT2D eigenvalue weighted by Gasteiger charge is -2.43. The SMILES string of the molecule is C[C@H]1[C@H]2CCCC[C@H]2CC[C@H]1C. The topological polar surface area (TPSA) is 0 Å². The minimum Gasteiger partial charge on any atom is -0.0622 e. The number of hydrogen-bond donors (Lipinski definition) is 0. The molecule has 0 aromatic rings. The summed E-state index contributed by atoms with van der Waals surface area (Å²) in [4.78, 5) is 0. The van der Waals surface area contributed by atoms with Crippen LogP contribution in [0.15, 0.2) is 0 Å². The van der Waals surface area contributed by atoms with Gasteiger partial charge in [0.1, 0.15) is 0 Å². The molecular formula is C12H22. The zero-order valence-corrected chi connectivity index (χ0v) is 8.55. The van der Waals surface area contributed by atoms with Gasteiger partial charge in [-0.25, -0.2) is 0 Å². The maximum absolute atomic E-state index is 2.49. The van der Waals surface area contributed by atoms with Gasteiger partial charge in [0.15, 0.2) is 0 Å². The Morgan fingerprint density at radius 3 is 2.42 bits per heavy atom. The van der Waals surface area contributed by atoms with Crippen LogP contribution in [0.3, 0.4) is 0 Å². The van der Waals surface area contributed by atoms with Gasteiger partial charge in [0, 0.05) is 0 Å². The van der Waals surface area contributed by atoms with Gasteiger partial charge >= 0.3 is 0 Å². The van der Waals surface area contributed by atoms with Crippen LogP contribution in [0, 0.1) is 23.7 Å². The van der Waals surface area contributed by atoms with Gasteiger partial charge in [0.05, 0.1) is 0 Å². The molecule has 12 heavy (non-hydrogen) atoms. The molecule has 2 rings (SSSR count). The van der Waals surface area contributed by atoms with Gasteiger partial charge in [-0.3, -0.25) is 0 Å². The maximum Gasteiger partial charge on any atom is -0.0358 e. The van der Waals surface area contributed by atoms with Crippen molar-refractivity contribution in [2.45, 2.75) is 52.4 Å². The lowest BCUT2D eigenvalue weighted by Crippen LogP contribution is -2.33. The molecule has 0 aromatic carbocycles. The minimum absolute atomic E-state index is 1.00. The summed E-state index contributed by atoms with van der Waals surface area (Å²) < 4.78 is 0. The summed E-state index contributed by atoms with van der Waals surface area (Å²) in [5.74, 6) is 4.24. The average molecular weight is 166 g/mol. The molecule has 70 valence electrons. The van der Waals surface area contributed by atoms with Crippen molar-refractivity contribution in [3.05, 3.63) is 0 Å². The molecule has 2 fully saturated rings. The first-order valence-corrected chi connectivity index (χ1v) is 5.79. The lowest BCUT2D eigenvalue weighted by molar-refractivity contribution is 0.0734. The number of fused-ring (bicyclic) bond motifs is 1. The van der Waals surface area contributed by atoms with Crippen molar-refractivity contribution in [1.82, 2.24) is 0 Å². The van der Waals surface area contributed by atoms with Crippen LogP contribution >= 0.6 is 0 Å². The van der Waals surface area contributed by atoms with Crippen molar-refractivity contribution in [2.24, 2.45) is 23.7 Å². The largest absolute Gasteiger partial charge is 0.0622 e. The van der Waals surface area contributed by atoms with E-state index in [4.69, 9.17) is 0 Å². The van der Waals surface area contributed by atoms with Crippen molar-refractivity contribution in [3.63, 3.8) is 0 Å². The van der Waals surface area contributed by atoms with Crippen LogP contribution in [0.4, 0.5) is 0 Å². The van der Waals surface area contributed by atoms with Gasteiger partial charge in [-0.2, -0.15) is 0 Å². The van der Waals surface area contributed by atoms with Crippen LogP contribution in [0.1, 0.15) is 52.4 Å². The molecular weight excluding hydrogens is 144 g/mol. The Bertz CT molecular complexity index is 148. The maximum atomic E-state index is 2.49. The Balaban J connectivity index is 2.03. The summed E-state index contributed by atoms with van der Waals surface area (Å²) in [6.07, 6.45) is 9.15. The van der Waals surface area contributed by atoms with E-state index in [-0.39, 0.29) is 0 Å². The van der Waals surface area contributed by atoms with Crippen molar-refractivity contribution in [1.29, 1.82) is 0 Å². The molecule has 0 amide bonds. The Morgan fingerprint density at radius 2 is 1.58 bits per heavy atom. The molecule has 0 aromatic heterocycles. The van der Waals surface area contributed by atoms with E-state index in [9.17, 15) is 0 Å². The monoisotopic (exact) mass is 166 g/mol. The van der Waals surface area contributed by atoms with E-state index in [2.05, 4.69) is 13.8 Å². The molecule has 0 heterocycles. The summed E-state index contributed by atoms with van der Waals surface area (Å²) in [5.41, 5.74) is 0. The molecule has 2 saturated carbocycles. The van der Waals surface area contributed by atoms with E-state index < -0.39 is 0 Å². The van der Waals surface area contributed by atoms with Crippen LogP contribution < -0.4 is 0 Å². The zero-order valence-electron chi connectivity index (χ0n) is 8.55. The first-order chi connectivity index (χ1) is 5.79. The smallest absolute Gasteiger partial charge is 0.0358 e. The van der Waals surface area contributed by atoms with Crippen molar-refractivity contribution in [3.8, 4) is 0 Å². The highest BCUT2D eigenvalue weighted by Crippen LogP contribution is 2.45. The third-order valence-corrected chi connectivity index (χ3v) is 4.53. The van der Waals surface area contributed by atoms with Gasteiger partial charge < -0.3 is 0 Å².